The number of hydrogen-bond donors (Lipinski definition) is 1. The van der Waals surface area contributed by atoms with Crippen LogP contribution < -0.4 is 0 Å². The van der Waals surface area contributed by atoms with Gasteiger partial charge in [-0.25, -0.2) is 4.39 Å². The molecule has 2 aromatic rings. The molecule has 6 heteroatoms. The lowest BCUT2D eigenvalue weighted by Gasteiger charge is -2.27. The SMILES string of the molecule is CC(C)CN(C[C@@H](O)c1ccc(F)cc1)C(=O)c1sccc1C#N. The maximum Gasteiger partial charge on any atom is 0.265 e. The molecule has 1 aromatic carbocycles. The molecule has 1 amide bonds. The number of hydrogen-bond acceptors (Lipinski definition) is 4. The molecule has 0 fully saturated rings. The highest BCUT2D eigenvalue weighted by Gasteiger charge is 2.24. The second-order valence-corrected chi connectivity index (χ2v) is 6.86. The Morgan fingerprint density at radius 2 is 1.96 bits per heavy atom. The van der Waals surface area contributed by atoms with Crippen LogP contribution in [0.25, 0.3) is 0 Å². The van der Waals surface area contributed by atoms with Gasteiger partial charge in [0.2, 0.25) is 0 Å². The molecule has 1 heterocycles. The van der Waals surface area contributed by atoms with Crippen LogP contribution in [0.15, 0.2) is 35.7 Å². The van der Waals surface area contributed by atoms with E-state index in [4.69, 9.17) is 5.26 Å². The average Bonchev–Trinajstić information content (AvgIpc) is 3.02. The van der Waals surface area contributed by atoms with Crippen molar-refractivity contribution in [3.8, 4) is 6.07 Å². The summed E-state index contributed by atoms with van der Waals surface area (Å²) in [7, 11) is 0. The minimum absolute atomic E-state index is 0.0887. The lowest BCUT2D eigenvalue weighted by molar-refractivity contribution is 0.0599. The Kier molecular flexibility index (Phi) is 6.07. The molecule has 0 spiro atoms. The van der Waals surface area contributed by atoms with E-state index >= 15 is 0 Å². The summed E-state index contributed by atoms with van der Waals surface area (Å²) in [6.07, 6.45) is -0.918. The number of benzene rings is 1. The highest BCUT2D eigenvalue weighted by atomic mass is 32.1. The first-order valence-electron chi connectivity index (χ1n) is 7.62. The molecule has 1 aromatic heterocycles. The summed E-state index contributed by atoms with van der Waals surface area (Å²) in [6.45, 7) is 4.50. The van der Waals surface area contributed by atoms with E-state index in [9.17, 15) is 14.3 Å². The molecule has 126 valence electrons. The van der Waals surface area contributed by atoms with Gasteiger partial charge in [0.05, 0.1) is 18.2 Å². The smallest absolute Gasteiger partial charge is 0.265 e. The Balaban J connectivity index is 2.20. The molecule has 1 atom stereocenters. The van der Waals surface area contributed by atoms with Gasteiger partial charge in [0, 0.05) is 6.54 Å². The third-order valence-corrected chi connectivity index (χ3v) is 4.40. The second-order valence-electron chi connectivity index (χ2n) is 5.95. The summed E-state index contributed by atoms with van der Waals surface area (Å²) in [5.74, 6) is -0.436. The van der Waals surface area contributed by atoms with E-state index in [0.29, 0.717) is 22.5 Å². The maximum absolute atomic E-state index is 13.0. The Morgan fingerprint density at radius 3 is 2.54 bits per heavy atom. The fraction of sp³-hybridized carbons (Fsp3) is 0.333. The van der Waals surface area contributed by atoms with E-state index in [1.54, 1.807) is 16.3 Å². The van der Waals surface area contributed by atoms with Crippen LogP contribution in [-0.2, 0) is 0 Å². The molecule has 0 aliphatic rings. The van der Waals surface area contributed by atoms with Crippen LogP contribution in [0, 0.1) is 23.1 Å². The summed E-state index contributed by atoms with van der Waals surface area (Å²) >= 11 is 1.22. The first-order valence-corrected chi connectivity index (χ1v) is 8.50. The summed E-state index contributed by atoms with van der Waals surface area (Å²) < 4.78 is 13.0. The standard InChI is InChI=1S/C18H19FN2O2S/c1-12(2)10-21(18(23)17-14(9-20)7-8-24-17)11-16(22)13-3-5-15(19)6-4-13/h3-8,12,16,22H,10-11H2,1-2H3/t16-/m1/s1. The lowest BCUT2D eigenvalue weighted by atomic mass is 10.1. The Labute approximate surface area is 144 Å². The predicted octanol–water partition coefficient (Wildman–Crippen LogP) is 3.59. The highest BCUT2D eigenvalue weighted by molar-refractivity contribution is 7.12. The molecule has 4 nitrogen and oxygen atoms in total. The molecule has 0 saturated carbocycles. The number of carbonyl (C=O) groups excluding carboxylic acids is 1. The van der Waals surface area contributed by atoms with E-state index in [-0.39, 0.29) is 24.2 Å². The minimum Gasteiger partial charge on any atom is -0.387 e. The molecule has 0 aliphatic heterocycles. The van der Waals surface area contributed by atoms with E-state index in [1.165, 1.54) is 35.6 Å². The number of rotatable bonds is 6. The zero-order chi connectivity index (χ0) is 17.7. The second kappa shape index (κ2) is 8.04. The van der Waals surface area contributed by atoms with Gasteiger partial charge in [-0.3, -0.25) is 4.79 Å². The summed E-state index contributed by atoms with van der Waals surface area (Å²) in [5, 5.41) is 21.2. The van der Waals surface area contributed by atoms with Gasteiger partial charge in [-0.2, -0.15) is 5.26 Å². The third kappa shape index (κ3) is 4.40. The van der Waals surface area contributed by atoms with Gasteiger partial charge in [0.15, 0.2) is 0 Å². The molecular formula is C18H19FN2O2S. The zero-order valence-electron chi connectivity index (χ0n) is 13.6. The number of carbonyl (C=O) groups is 1. The summed E-state index contributed by atoms with van der Waals surface area (Å²) in [6, 6.07) is 9.19. The summed E-state index contributed by atoms with van der Waals surface area (Å²) in [4.78, 5) is 14.7. The van der Waals surface area contributed by atoms with Crippen molar-refractivity contribution in [2.24, 2.45) is 5.92 Å². The zero-order valence-corrected chi connectivity index (χ0v) is 14.4. The van der Waals surface area contributed by atoms with Gasteiger partial charge in [-0.1, -0.05) is 26.0 Å². The molecule has 24 heavy (non-hydrogen) atoms. The maximum atomic E-state index is 13.0. The number of thiophene rings is 1. The Hall–Kier alpha value is -2.23. The molecule has 0 unspecified atom stereocenters. The quantitative estimate of drug-likeness (QED) is 0.869. The van der Waals surface area contributed by atoms with Crippen molar-refractivity contribution in [1.29, 1.82) is 5.26 Å². The molecule has 0 bridgehead atoms. The highest BCUT2D eigenvalue weighted by Crippen LogP contribution is 2.22. The predicted molar refractivity (Wildman–Crippen MR) is 91.1 cm³/mol. The number of halogens is 1. The minimum atomic E-state index is -0.918. The van der Waals surface area contributed by atoms with E-state index < -0.39 is 6.10 Å². The fourth-order valence-electron chi connectivity index (χ4n) is 2.39. The van der Waals surface area contributed by atoms with Gasteiger partial charge < -0.3 is 10.0 Å². The van der Waals surface area contributed by atoms with Gasteiger partial charge in [0.25, 0.3) is 5.91 Å². The van der Waals surface area contributed by atoms with Crippen LogP contribution in [0.1, 0.15) is 40.8 Å². The average molecular weight is 346 g/mol. The van der Waals surface area contributed by atoms with Gasteiger partial charge in [-0.15, -0.1) is 11.3 Å². The normalized spacial score (nSPS) is 12.0. The molecule has 0 saturated heterocycles. The topological polar surface area (TPSA) is 64.3 Å². The van der Waals surface area contributed by atoms with Crippen molar-refractivity contribution < 1.29 is 14.3 Å². The molecule has 1 N–H and O–H groups in total. The van der Waals surface area contributed by atoms with Crippen molar-refractivity contribution in [1.82, 2.24) is 4.90 Å². The van der Waals surface area contributed by atoms with Crippen LogP contribution in [0.3, 0.4) is 0 Å². The molecular weight excluding hydrogens is 327 g/mol. The van der Waals surface area contributed by atoms with Gasteiger partial charge in [-0.05, 0) is 35.1 Å². The monoisotopic (exact) mass is 346 g/mol. The van der Waals surface area contributed by atoms with Crippen LogP contribution in [0.2, 0.25) is 0 Å². The van der Waals surface area contributed by atoms with Crippen LogP contribution >= 0.6 is 11.3 Å². The van der Waals surface area contributed by atoms with E-state index in [2.05, 4.69) is 0 Å². The fourth-order valence-corrected chi connectivity index (χ4v) is 3.20. The number of nitrogens with zero attached hydrogens (tertiary/aromatic N) is 2. The van der Waals surface area contributed by atoms with Gasteiger partial charge >= 0.3 is 0 Å². The Bertz CT molecular complexity index is 734. The van der Waals surface area contributed by atoms with Crippen molar-refractivity contribution in [2.75, 3.05) is 13.1 Å². The van der Waals surface area contributed by atoms with Crippen molar-refractivity contribution in [3.05, 3.63) is 57.5 Å². The lowest BCUT2D eigenvalue weighted by Crippen LogP contribution is -2.37. The van der Waals surface area contributed by atoms with Crippen LogP contribution in [0.5, 0.6) is 0 Å². The Morgan fingerprint density at radius 1 is 1.29 bits per heavy atom. The number of aliphatic hydroxyl groups excluding tert-OH is 1. The number of amides is 1. The van der Waals surface area contributed by atoms with Crippen molar-refractivity contribution >= 4 is 17.2 Å². The molecule has 0 aliphatic carbocycles. The van der Waals surface area contributed by atoms with Crippen LogP contribution in [0.4, 0.5) is 4.39 Å². The number of nitriles is 1. The summed E-state index contributed by atoms with van der Waals surface area (Å²) in [5.41, 5.74) is 0.889. The van der Waals surface area contributed by atoms with Crippen LogP contribution in [-0.4, -0.2) is 29.0 Å². The van der Waals surface area contributed by atoms with E-state index in [1.807, 2.05) is 19.9 Å². The number of aliphatic hydroxyl groups is 1. The first-order chi connectivity index (χ1) is 11.4. The first kappa shape index (κ1) is 18.1. The molecule has 2 rings (SSSR count). The van der Waals surface area contributed by atoms with Crippen molar-refractivity contribution in [2.45, 2.75) is 20.0 Å². The molecule has 0 radical (unpaired) electrons. The third-order valence-electron chi connectivity index (χ3n) is 3.50. The largest absolute Gasteiger partial charge is 0.387 e. The van der Waals surface area contributed by atoms with Gasteiger partial charge in [0.1, 0.15) is 16.8 Å². The van der Waals surface area contributed by atoms with E-state index in [0.717, 1.165) is 0 Å². The van der Waals surface area contributed by atoms with Crippen molar-refractivity contribution in [3.63, 3.8) is 0 Å².